The molecule has 5 aromatic rings. The molecule has 3 aromatic carbocycles. The summed E-state index contributed by atoms with van der Waals surface area (Å²) in [6, 6.07) is 29.6. The number of nitrogens with zero attached hydrogens (tertiary/aromatic N) is 2. The van der Waals surface area contributed by atoms with Crippen LogP contribution in [0.1, 0.15) is 16.1 Å². The Labute approximate surface area is 199 Å². The number of nitrogen functional groups attached to an aromatic ring is 2. The molecule has 0 aliphatic carbocycles. The predicted molar refractivity (Wildman–Crippen MR) is 124 cm³/mol. The van der Waals surface area contributed by atoms with Gasteiger partial charge in [-0.05, 0) is 40.7 Å². The first kappa shape index (κ1) is 22.9. The molecule has 4 N–H and O–H groups in total. The molecule has 32 heavy (non-hydrogen) atoms. The Morgan fingerprint density at radius 1 is 0.875 bits per heavy atom. The smallest absolute Gasteiger partial charge is 0.171 e. The normalized spacial score (nSPS) is 10.0. The maximum absolute atomic E-state index is 11.8. The molecule has 0 amide bonds. The summed E-state index contributed by atoms with van der Waals surface area (Å²) in [4.78, 5) is 20.2. The number of carbonyl (C=O) groups excluding carboxylic acids is 1. The number of hydrogen-bond acceptors (Lipinski definition) is 4. The molecule has 0 fully saturated rings. The largest absolute Gasteiger partial charge is 0.661 e. The fourth-order valence-electron chi connectivity index (χ4n) is 3.27. The van der Waals surface area contributed by atoms with Gasteiger partial charge in [0.25, 0.3) is 0 Å². The zero-order valence-corrected chi connectivity index (χ0v) is 19.4. The van der Waals surface area contributed by atoms with Crippen LogP contribution in [-0.2, 0) is 20.1 Å². The van der Waals surface area contributed by atoms with Crippen LogP contribution in [0.2, 0.25) is 0 Å². The minimum absolute atomic E-state index is 0. The third-order valence-electron chi connectivity index (χ3n) is 4.66. The average molecular weight is 597 g/mol. The van der Waals surface area contributed by atoms with Crippen molar-refractivity contribution in [3.05, 3.63) is 115 Å². The van der Waals surface area contributed by atoms with Crippen molar-refractivity contribution in [3.8, 4) is 11.3 Å². The molecule has 5 nitrogen and oxygen atoms in total. The van der Waals surface area contributed by atoms with Gasteiger partial charge in [0.05, 0.1) is 0 Å². The van der Waals surface area contributed by atoms with Gasteiger partial charge in [0.15, 0.2) is 5.78 Å². The summed E-state index contributed by atoms with van der Waals surface area (Å²) in [5, 5.41) is 2.39. The fourth-order valence-corrected chi connectivity index (χ4v) is 3.27. The Morgan fingerprint density at radius 2 is 1.62 bits per heavy atom. The minimum atomic E-state index is -0.168. The van der Waals surface area contributed by atoms with Crippen LogP contribution in [0.3, 0.4) is 0 Å². The van der Waals surface area contributed by atoms with Crippen LogP contribution >= 0.6 is 0 Å². The molecule has 0 spiro atoms. The number of rotatable bonds is 3. The zero-order chi connectivity index (χ0) is 21.6. The number of nitrogens with two attached hydrogens (primary N) is 2. The average Bonchev–Trinajstić information content (AvgIpc) is 3.34. The van der Waals surface area contributed by atoms with Crippen LogP contribution in [-0.4, -0.2) is 10.8 Å². The molecule has 5 rings (SSSR count). The summed E-state index contributed by atoms with van der Waals surface area (Å²) >= 11 is 0. The standard InChI is InChI=1S/C15H10N.C11H11N3O.Ir/c1-2-7-13(8-3-1)15-14-9-5-4-6-12(14)10-11-16-15;12-8-4-7(5-9(13)6-8)11(15)10-2-1-3-14-10;/h1-7,9-11H;1-6H,12-13H2,(H,14,15);/q-1;;/p-1. The van der Waals surface area contributed by atoms with Crippen molar-refractivity contribution in [1.82, 2.24) is 9.97 Å². The van der Waals surface area contributed by atoms with E-state index < -0.39 is 0 Å². The Balaban J connectivity index is 0.000000176. The number of fused-ring (bicyclic) bond motifs is 1. The van der Waals surface area contributed by atoms with Crippen LogP contribution in [0.5, 0.6) is 0 Å². The van der Waals surface area contributed by atoms with Gasteiger partial charge in [0.1, 0.15) is 0 Å². The summed E-state index contributed by atoms with van der Waals surface area (Å²) in [6.45, 7) is 0. The van der Waals surface area contributed by atoms with Crippen molar-refractivity contribution in [2.45, 2.75) is 0 Å². The monoisotopic (exact) mass is 597 g/mol. The van der Waals surface area contributed by atoms with Crippen LogP contribution < -0.4 is 16.5 Å². The SMILES string of the molecule is Nc1cc(N)cc(C(=O)c2ccc[n-]2)c1.[Ir].[c-]1ccccc1-c1nccc2ccccc12. The molecule has 0 saturated carbocycles. The number of aromatic nitrogens is 2. The number of benzene rings is 3. The second kappa shape index (κ2) is 10.5. The van der Waals surface area contributed by atoms with Crippen molar-refractivity contribution < 1.29 is 24.9 Å². The third-order valence-corrected chi connectivity index (χ3v) is 4.66. The van der Waals surface area contributed by atoms with Gasteiger partial charge in [-0.2, -0.15) is 6.20 Å². The molecular formula is C26H20IrN4O-2. The molecule has 0 unspecified atom stereocenters. The second-order valence-corrected chi connectivity index (χ2v) is 6.90. The van der Waals surface area contributed by atoms with E-state index in [0.717, 1.165) is 11.3 Å². The Hall–Kier alpha value is -3.73. The molecule has 0 atom stereocenters. The van der Waals surface area contributed by atoms with E-state index in [1.54, 1.807) is 36.5 Å². The first-order valence-corrected chi connectivity index (χ1v) is 9.71. The van der Waals surface area contributed by atoms with Gasteiger partial charge < -0.3 is 21.4 Å². The van der Waals surface area contributed by atoms with Crippen molar-refractivity contribution >= 4 is 27.9 Å². The van der Waals surface area contributed by atoms with E-state index in [9.17, 15) is 4.79 Å². The third kappa shape index (κ3) is 5.30. The molecule has 2 heterocycles. The quantitative estimate of drug-likeness (QED) is 0.178. The van der Waals surface area contributed by atoms with Gasteiger partial charge in [0.2, 0.25) is 0 Å². The Morgan fingerprint density at radius 3 is 2.31 bits per heavy atom. The van der Waals surface area contributed by atoms with Gasteiger partial charge in [-0.15, -0.1) is 35.9 Å². The maximum atomic E-state index is 11.8. The fraction of sp³-hybridized carbons (Fsp3) is 0. The number of anilines is 2. The van der Waals surface area contributed by atoms with E-state index in [2.05, 4.69) is 28.2 Å². The number of carbonyl (C=O) groups is 1. The van der Waals surface area contributed by atoms with Crippen LogP contribution in [0.15, 0.2) is 97.3 Å². The van der Waals surface area contributed by atoms with Gasteiger partial charge in [0, 0.05) is 43.2 Å². The van der Waals surface area contributed by atoms with Crippen molar-refractivity contribution in [3.63, 3.8) is 0 Å². The maximum Gasteiger partial charge on any atom is 0.171 e. The van der Waals surface area contributed by atoms with Gasteiger partial charge in [-0.25, -0.2) is 0 Å². The number of pyridine rings is 1. The molecule has 0 bridgehead atoms. The molecule has 2 aromatic heterocycles. The van der Waals surface area contributed by atoms with E-state index in [-0.39, 0.29) is 25.9 Å². The van der Waals surface area contributed by atoms with Crippen LogP contribution in [0, 0.1) is 6.07 Å². The molecule has 161 valence electrons. The molecule has 1 radical (unpaired) electrons. The van der Waals surface area contributed by atoms with E-state index >= 15 is 0 Å². The summed E-state index contributed by atoms with van der Waals surface area (Å²) in [5.41, 5.74) is 15.1. The van der Waals surface area contributed by atoms with E-state index in [0.29, 0.717) is 22.6 Å². The summed E-state index contributed by atoms with van der Waals surface area (Å²) in [5.74, 6) is -0.168. The molecular weight excluding hydrogens is 577 g/mol. The molecule has 6 heteroatoms. The summed E-state index contributed by atoms with van der Waals surface area (Å²) < 4.78 is 0. The second-order valence-electron chi connectivity index (χ2n) is 6.90. The topological polar surface area (TPSA) is 96.1 Å². The Kier molecular flexibility index (Phi) is 7.55. The van der Waals surface area contributed by atoms with Crippen molar-refractivity contribution in [2.75, 3.05) is 11.5 Å². The van der Waals surface area contributed by atoms with Crippen LogP contribution in [0.4, 0.5) is 11.4 Å². The van der Waals surface area contributed by atoms with Gasteiger partial charge in [-0.3, -0.25) is 4.79 Å². The van der Waals surface area contributed by atoms with Crippen molar-refractivity contribution in [2.24, 2.45) is 0 Å². The van der Waals surface area contributed by atoms with Gasteiger partial charge in [-0.1, -0.05) is 42.1 Å². The van der Waals surface area contributed by atoms with Crippen molar-refractivity contribution in [1.29, 1.82) is 0 Å². The molecule has 0 aliphatic rings. The van der Waals surface area contributed by atoms with E-state index in [4.69, 9.17) is 11.5 Å². The van der Waals surface area contributed by atoms with Gasteiger partial charge >= 0.3 is 0 Å². The molecule has 0 saturated heterocycles. The first-order chi connectivity index (χ1) is 15.1. The molecule has 0 aliphatic heterocycles. The van der Waals surface area contributed by atoms with Crippen LogP contribution in [0.25, 0.3) is 22.0 Å². The summed E-state index contributed by atoms with van der Waals surface area (Å²) in [6.07, 6.45) is 3.42. The first-order valence-electron chi connectivity index (χ1n) is 9.71. The number of ketones is 1. The summed E-state index contributed by atoms with van der Waals surface area (Å²) in [7, 11) is 0. The minimum Gasteiger partial charge on any atom is -0.661 e. The zero-order valence-electron chi connectivity index (χ0n) is 17.0. The Bertz CT molecular complexity index is 1290. The van der Waals surface area contributed by atoms with E-state index in [1.807, 2.05) is 48.7 Å². The van der Waals surface area contributed by atoms with E-state index in [1.165, 1.54) is 10.8 Å². The predicted octanol–water partition coefficient (Wildman–Crippen LogP) is 4.74. The number of hydrogen-bond donors (Lipinski definition) is 2.